The van der Waals surface area contributed by atoms with Gasteiger partial charge in [-0.2, -0.15) is 5.26 Å². The maximum Gasteiger partial charge on any atom is 0.150 e. The highest BCUT2D eigenvalue weighted by atomic mass is 16.5. The van der Waals surface area contributed by atoms with E-state index in [1.165, 1.54) is 32.1 Å². The van der Waals surface area contributed by atoms with Crippen LogP contribution in [0.3, 0.4) is 0 Å². The molecule has 1 aromatic heterocycles. The molecular weight excluding hydrogens is 288 g/mol. The van der Waals surface area contributed by atoms with E-state index in [9.17, 15) is 5.26 Å². The summed E-state index contributed by atoms with van der Waals surface area (Å²) in [5, 5.41) is 9.49. The third-order valence-corrected chi connectivity index (χ3v) is 5.30. The summed E-state index contributed by atoms with van der Waals surface area (Å²) in [5.74, 6) is 3.01. The predicted molar refractivity (Wildman–Crippen MR) is 87.3 cm³/mol. The molecule has 0 spiro atoms. The number of nitriles is 1. The first-order valence-corrected chi connectivity index (χ1v) is 8.97. The van der Waals surface area contributed by atoms with E-state index in [0.717, 1.165) is 50.1 Å². The molecule has 1 saturated heterocycles. The molecule has 1 unspecified atom stereocenters. The third kappa shape index (κ3) is 3.32. The average molecular weight is 312 g/mol. The van der Waals surface area contributed by atoms with E-state index < -0.39 is 0 Å². The van der Waals surface area contributed by atoms with Crippen molar-refractivity contribution in [1.82, 2.24) is 9.97 Å². The van der Waals surface area contributed by atoms with Crippen molar-refractivity contribution in [3.05, 3.63) is 17.6 Å². The third-order valence-electron chi connectivity index (χ3n) is 5.30. The Morgan fingerprint density at radius 3 is 2.65 bits per heavy atom. The molecule has 0 radical (unpaired) electrons. The molecule has 1 atom stereocenters. The Hall–Kier alpha value is -1.67. The largest absolute Gasteiger partial charge is 0.376 e. The molecule has 0 amide bonds. The van der Waals surface area contributed by atoms with Gasteiger partial charge in [-0.05, 0) is 44.4 Å². The lowest BCUT2D eigenvalue weighted by atomic mass is 9.85. The van der Waals surface area contributed by atoms with Gasteiger partial charge in [0.25, 0.3) is 0 Å². The summed E-state index contributed by atoms with van der Waals surface area (Å²) >= 11 is 0. The van der Waals surface area contributed by atoms with E-state index in [2.05, 4.69) is 16.0 Å². The summed E-state index contributed by atoms with van der Waals surface area (Å²) < 4.78 is 5.83. The molecule has 1 aromatic rings. The molecule has 5 nitrogen and oxygen atoms in total. The minimum Gasteiger partial charge on any atom is -0.376 e. The monoisotopic (exact) mass is 312 g/mol. The molecule has 4 rings (SSSR count). The Labute approximate surface area is 137 Å². The van der Waals surface area contributed by atoms with Crippen molar-refractivity contribution in [2.24, 2.45) is 5.92 Å². The Balaban J connectivity index is 1.60. The zero-order valence-electron chi connectivity index (χ0n) is 13.6. The molecule has 122 valence electrons. The quantitative estimate of drug-likeness (QED) is 0.808. The molecule has 2 saturated carbocycles. The van der Waals surface area contributed by atoms with Crippen LogP contribution in [-0.4, -0.2) is 35.8 Å². The summed E-state index contributed by atoms with van der Waals surface area (Å²) in [7, 11) is 0. The fraction of sp³-hybridized carbons (Fsp3) is 0.722. The van der Waals surface area contributed by atoms with Gasteiger partial charge in [0.05, 0.1) is 12.3 Å². The molecule has 3 fully saturated rings. The van der Waals surface area contributed by atoms with Gasteiger partial charge < -0.3 is 9.64 Å². The molecule has 23 heavy (non-hydrogen) atoms. The number of nitrogens with zero attached hydrogens (tertiary/aromatic N) is 4. The molecule has 0 bridgehead atoms. The number of ether oxygens (including phenoxy) is 1. The van der Waals surface area contributed by atoms with Gasteiger partial charge in [-0.25, -0.2) is 9.97 Å². The van der Waals surface area contributed by atoms with Crippen LogP contribution < -0.4 is 4.90 Å². The van der Waals surface area contributed by atoms with Gasteiger partial charge in [-0.3, -0.25) is 0 Å². The molecule has 0 N–H and O–H groups in total. The second kappa shape index (κ2) is 6.45. The van der Waals surface area contributed by atoms with Gasteiger partial charge >= 0.3 is 0 Å². The van der Waals surface area contributed by atoms with E-state index in [1.807, 2.05) is 0 Å². The smallest absolute Gasteiger partial charge is 0.150 e. The van der Waals surface area contributed by atoms with Gasteiger partial charge in [-0.1, -0.05) is 6.42 Å². The fourth-order valence-electron chi connectivity index (χ4n) is 3.51. The van der Waals surface area contributed by atoms with E-state index in [1.54, 1.807) is 6.20 Å². The van der Waals surface area contributed by atoms with Crippen LogP contribution in [0.1, 0.15) is 62.3 Å². The van der Waals surface area contributed by atoms with Crippen molar-refractivity contribution in [2.75, 3.05) is 24.6 Å². The molecular formula is C18H24N4O. The Morgan fingerprint density at radius 2 is 2.04 bits per heavy atom. The van der Waals surface area contributed by atoms with E-state index >= 15 is 0 Å². The van der Waals surface area contributed by atoms with E-state index in [-0.39, 0.29) is 6.10 Å². The lowest BCUT2D eigenvalue weighted by molar-refractivity contribution is 0.114. The second-order valence-corrected chi connectivity index (χ2v) is 7.19. The number of aromatic nitrogens is 2. The molecule has 1 aliphatic heterocycles. The van der Waals surface area contributed by atoms with E-state index in [4.69, 9.17) is 9.72 Å². The van der Waals surface area contributed by atoms with Crippen LogP contribution in [0.15, 0.2) is 6.20 Å². The minimum absolute atomic E-state index is 0.279. The standard InChI is InChI=1S/C18H24N4O/c19-9-15-10-20-17(14-6-7-14)21-18(15)22(11-13-3-1-4-13)12-16-5-2-8-23-16/h10,13-14,16H,1-8,11-12H2. The van der Waals surface area contributed by atoms with Gasteiger partial charge in [0.15, 0.2) is 0 Å². The first-order valence-electron chi connectivity index (χ1n) is 8.97. The average Bonchev–Trinajstić information content (AvgIpc) is 3.26. The number of anilines is 1. The topological polar surface area (TPSA) is 62.0 Å². The minimum atomic E-state index is 0.279. The molecule has 0 aromatic carbocycles. The van der Waals surface area contributed by atoms with Crippen molar-refractivity contribution in [3.63, 3.8) is 0 Å². The van der Waals surface area contributed by atoms with Crippen molar-refractivity contribution in [3.8, 4) is 6.07 Å². The normalized spacial score (nSPS) is 24.2. The number of rotatable bonds is 6. The van der Waals surface area contributed by atoms with Crippen molar-refractivity contribution >= 4 is 5.82 Å². The van der Waals surface area contributed by atoms with Gasteiger partial charge in [-0.15, -0.1) is 0 Å². The van der Waals surface area contributed by atoms with Crippen molar-refractivity contribution in [1.29, 1.82) is 5.26 Å². The van der Waals surface area contributed by atoms with Crippen LogP contribution in [0.4, 0.5) is 5.82 Å². The SMILES string of the molecule is N#Cc1cnc(C2CC2)nc1N(CC1CCC1)CC1CCCO1. The van der Waals surface area contributed by atoms with Crippen LogP contribution >= 0.6 is 0 Å². The summed E-state index contributed by atoms with van der Waals surface area (Å²) in [4.78, 5) is 11.5. The number of hydrogen-bond donors (Lipinski definition) is 0. The number of hydrogen-bond acceptors (Lipinski definition) is 5. The van der Waals surface area contributed by atoms with Crippen molar-refractivity contribution < 1.29 is 4.74 Å². The first-order chi connectivity index (χ1) is 11.3. The van der Waals surface area contributed by atoms with Gasteiger partial charge in [0, 0.05) is 25.6 Å². The second-order valence-electron chi connectivity index (χ2n) is 7.19. The molecule has 2 aliphatic carbocycles. The molecule has 3 aliphatic rings. The zero-order chi connectivity index (χ0) is 15.6. The maximum absolute atomic E-state index is 9.49. The molecule has 2 heterocycles. The van der Waals surface area contributed by atoms with Crippen LogP contribution in [0.25, 0.3) is 0 Å². The highest BCUT2D eigenvalue weighted by Gasteiger charge is 2.30. The fourth-order valence-corrected chi connectivity index (χ4v) is 3.51. The lowest BCUT2D eigenvalue weighted by Crippen LogP contribution is -2.39. The predicted octanol–water partition coefficient (Wildman–Crippen LogP) is 3.01. The van der Waals surface area contributed by atoms with Crippen molar-refractivity contribution in [2.45, 2.75) is 57.0 Å². The highest BCUT2D eigenvalue weighted by molar-refractivity contribution is 5.53. The Kier molecular flexibility index (Phi) is 4.17. The summed E-state index contributed by atoms with van der Waals surface area (Å²) in [6, 6.07) is 2.29. The highest BCUT2D eigenvalue weighted by Crippen LogP contribution is 2.39. The Morgan fingerprint density at radius 1 is 1.17 bits per heavy atom. The molecule has 5 heteroatoms. The van der Waals surface area contributed by atoms with Gasteiger partial charge in [0.1, 0.15) is 23.3 Å². The van der Waals surface area contributed by atoms with Crippen LogP contribution in [0.5, 0.6) is 0 Å². The lowest BCUT2D eigenvalue weighted by Gasteiger charge is -2.34. The maximum atomic E-state index is 9.49. The summed E-state index contributed by atoms with van der Waals surface area (Å²) in [6.45, 7) is 2.71. The zero-order valence-corrected chi connectivity index (χ0v) is 13.6. The van der Waals surface area contributed by atoms with Crippen LogP contribution in [0.2, 0.25) is 0 Å². The van der Waals surface area contributed by atoms with E-state index in [0.29, 0.717) is 11.5 Å². The Bertz CT molecular complexity index is 598. The summed E-state index contributed by atoms with van der Waals surface area (Å²) in [6.07, 6.45) is 10.5. The van der Waals surface area contributed by atoms with Gasteiger partial charge in [0.2, 0.25) is 0 Å². The van der Waals surface area contributed by atoms with Crippen LogP contribution in [0, 0.1) is 17.2 Å². The summed E-state index contributed by atoms with van der Waals surface area (Å²) in [5.41, 5.74) is 0.603. The van der Waals surface area contributed by atoms with Crippen LogP contribution in [-0.2, 0) is 4.74 Å². The first kappa shape index (κ1) is 14.9.